The lowest BCUT2D eigenvalue weighted by atomic mass is 10.1. The highest BCUT2D eigenvalue weighted by atomic mass is 35.5. The predicted molar refractivity (Wildman–Crippen MR) is 107 cm³/mol. The van der Waals surface area contributed by atoms with Gasteiger partial charge in [-0.25, -0.2) is 0 Å². The van der Waals surface area contributed by atoms with Crippen LogP contribution in [0.1, 0.15) is 25.8 Å². The number of carbonyl (C=O) groups excluding carboxylic acids is 1. The molecule has 2 aromatic carbocycles. The molecule has 26 heavy (non-hydrogen) atoms. The van der Waals surface area contributed by atoms with Crippen molar-refractivity contribution < 1.29 is 14.3 Å². The zero-order chi connectivity index (χ0) is 18.9. The van der Waals surface area contributed by atoms with Crippen molar-refractivity contribution in [2.24, 2.45) is 5.92 Å². The molecule has 0 aliphatic carbocycles. The van der Waals surface area contributed by atoms with Gasteiger partial charge in [0.1, 0.15) is 0 Å². The summed E-state index contributed by atoms with van der Waals surface area (Å²) in [4.78, 5) is 12.0. The third-order valence-corrected chi connectivity index (χ3v) is 3.93. The molecule has 1 amide bonds. The number of methoxy groups -OCH3 is 1. The van der Waals surface area contributed by atoms with E-state index >= 15 is 0 Å². The number of rotatable bonds is 8. The topological polar surface area (TPSA) is 47.6 Å². The Kier molecular flexibility index (Phi) is 7.54. The molecule has 0 atom stereocenters. The lowest BCUT2D eigenvalue weighted by molar-refractivity contribution is -0.111. The standard InChI is InChI=1S/C21H24ClNO3/c1-15(2)12-13-26-19-10-4-16(14-20(19)25-3)5-11-21(24)23-18-8-6-17(22)7-9-18/h4-11,14-15H,12-13H2,1-3H3,(H,23,24). The number of hydrogen-bond donors (Lipinski definition) is 1. The third kappa shape index (κ3) is 6.45. The Morgan fingerprint density at radius 3 is 2.54 bits per heavy atom. The lowest BCUT2D eigenvalue weighted by Crippen LogP contribution is -2.07. The van der Waals surface area contributed by atoms with Crippen molar-refractivity contribution >= 4 is 29.3 Å². The molecule has 0 radical (unpaired) electrons. The highest BCUT2D eigenvalue weighted by molar-refractivity contribution is 6.30. The SMILES string of the molecule is COc1cc(C=CC(=O)Nc2ccc(Cl)cc2)ccc1OCCC(C)C. The number of hydrogen-bond acceptors (Lipinski definition) is 3. The number of amides is 1. The minimum absolute atomic E-state index is 0.219. The van der Waals surface area contributed by atoms with Gasteiger partial charge in [0.15, 0.2) is 11.5 Å². The molecule has 2 rings (SSSR count). The maximum atomic E-state index is 12.0. The molecule has 1 N–H and O–H groups in total. The highest BCUT2D eigenvalue weighted by Crippen LogP contribution is 2.29. The molecule has 0 heterocycles. The summed E-state index contributed by atoms with van der Waals surface area (Å²) in [6.45, 7) is 4.96. The fourth-order valence-corrected chi connectivity index (χ4v) is 2.33. The first kappa shape index (κ1) is 19.9. The van der Waals surface area contributed by atoms with E-state index in [0.29, 0.717) is 34.7 Å². The van der Waals surface area contributed by atoms with E-state index < -0.39 is 0 Å². The van der Waals surface area contributed by atoms with Gasteiger partial charge < -0.3 is 14.8 Å². The van der Waals surface area contributed by atoms with Crippen LogP contribution in [0.25, 0.3) is 6.08 Å². The maximum Gasteiger partial charge on any atom is 0.248 e. The Balaban J connectivity index is 1.98. The molecule has 5 heteroatoms. The first-order valence-electron chi connectivity index (χ1n) is 8.53. The van der Waals surface area contributed by atoms with E-state index in [2.05, 4.69) is 19.2 Å². The van der Waals surface area contributed by atoms with Crippen molar-refractivity contribution in [2.75, 3.05) is 19.0 Å². The Labute approximate surface area is 159 Å². The highest BCUT2D eigenvalue weighted by Gasteiger charge is 2.06. The molecule has 0 saturated heterocycles. The summed E-state index contributed by atoms with van der Waals surface area (Å²) in [6.07, 6.45) is 4.18. The van der Waals surface area contributed by atoms with Crippen LogP contribution in [0, 0.1) is 5.92 Å². The zero-order valence-corrected chi connectivity index (χ0v) is 16.0. The van der Waals surface area contributed by atoms with Crippen LogP contribution in [0.4, 0.5) is 5.69 Å². The average Bonchev–Trinajstić information content (AvgIpc) is 2.62. The average molecular weight is 374 g/mol. The van der Waals surface area contributed by atoms with E-state index in [4.69, 9.17) is 21.1 Å². The zero-order valence-electron chi connectivity index (χ0n) is 15.3. The largest absolute Gasteiger partial charge is 0.493 e. The van der Waals surface area contributed by atoms with Gasteiger partial charge in [-0.05, 0) is 60.4 Å². The van der Waals surface area contributed by atoms with Crippen LogP contribution in [0.3, 0.4) is 0 Å². The molecular formula is C21H24ClNO3. The van der Waals surface area contributed by atoms with E-state index in [-0.39, 0.29) is 5.91 Å². The minimum Gasteiger partial charge on any atom is -0.493 e. The van der Waals surface area contributed by atoms with Crippen molar-refractivity contribution in [1.82, 2.24) is 0 Å². The van der Waals surface area contributed by atoms with Gasteiger partial charge >= 0.3 is 0 Å². The van der Waals surface area contributed by atoms with E-state index in [0.717, 1.165) is 12.0 Å². The second kappa shape index (κ2) is 9.88. The minimum atomic E-state index is -0.219. The Morgan fingerprint density at radius 1 is 1.15 bits per heavy atom. The Bertz CT molecular complexity index is 754. The first-order chi connectivity index (χ1) is 12.5. The summed E-state index contributed by atoms with van der Waals surface area (Å²) in [6, 6.07) is 12.5. The molecule has 0 saturated carbocycles. The maximum absolute atomic E-state index is 12.0. The number of ether oxygens (including phenoxy) is 2. The van der Waals surface area contributed by atoms with Gasteiger partial charge in [-0.15, -0.1) is 0 Å². The molecule has 0 unspecified atom stereocenters. The summed E-state index contributed by atoms with van der Waals surface area (Å²) < 4.78 is 11.2. The number of nitrogens with one attached hydrogen (secondary N) is 1. The van der Waals surface area contributed by atoms with Crippen LogP contribution in [0.2, 0.25) is 5.02 Å². The normalized spacial score (nSPS) is 11.0. The third-order valence-electron chi connectivity index (χ3n) is 3.68. The van der Waals surface area contributed by atoms with Gasteiger partial charge in [0.05, 0.1) is 13.7 Å². The summed E-state index contributed by atoms with van der Waals surface area (Å²) >= 11 is 5.83. The van der Waals surface area contributed by atoms with Gasteiger partial charge in [0.25, 0.3) is 0 Å². The molecular weight excluding hydrogens is 350 g/mol. The molecule has 0 aliphatic heterocycles. The second-order valence-corrected chi connectivity index (χ2v) is 6.71. The van der Waals surface area contributed by atoms with Crippen molar-refractivity contribution in [1.29, 1.82) is 0 Å². The van der Waals surface area contributed by atoms with Gasteiger partial charge in [-0.2, -0.15) is 0 Å². The number of carbonyl (C=O) groups is 1. The Hall–Kier alpha value is -2.46. The van der Waals surface area contributed by atoms with Crippen LogP contribution < -0.4 is 14.8 Å². The van der Waals surface area contributed by atoms with Crippen LogP contribution >= 0.6 is 11.6 Å². The predicted octanol–water partition coefficient (Wildman–Crippen LogP) is 5.43. The summed E-state index contributed by atoms with van der Waals surface area (Å²) in [5.74, 6) is 1.72. The molecule has 4 nitrogen and oxygen atoms in total. The fraction of sp³-hybridized carbons (Fsp3) is 0.286. The van der Waals surface area contributed by atoms with Gasteiger partial charge in [-0.3, -0.25) is 4.79 Å². The van der Waals surface area contributed by atoms with Gasteiger partial charge in [0, 0.05) is 16.8 Å². The molecule has 0 aliphatic rings. The Morgan fingerprint density at radius 2 is 1.88 bits per heavy atom. The van der Waals surface area contributed by atoms with Crippen LogP contribution in [-0.4, -0.2) is 19.6 Å². The molecule has 0 fully saturated rings. The van der Waals surface area contributed by atoms with Crippen molar-refractivity contribution in [2.45, 2.75) is 20.3 Å². The van der Waals surface area contributed by atoms with Gasteiger partial charge in [0.2, 0.25) is 5.91 Å². The van der Waals surface area contributed by atoms with Crippen LogP contribution in [0.5, 0.6) is 11.5 Å². The van der Waals surface area contributed by atoms with E-state index in [1.165, 1.54) is 6.08 Å². The molecule has 0 bridgehead atoms. The van der Waals surface area contributed by atoms with Crippen molar-refractivity contribution in [3.05, 3.63) is 59.1 Å². The van der Waals surface area contributed by atoms with Crippen molar-refractivity contribution in [3.8, 4) is 11.5 Å². The summed E-state index contributed by atoms with van der Waals surface area (Å²) in [7, 11) is 1.60. The van der Waals surface area contributed by atoms with Crippen LogP contribution in [0.15, 0.2) is 48.5 Å². The number of anilines is 1. The number of benzene rings is 2. The first-order valence-corrected chi connectivity index (χ1v) is 8.91. The van der Waals surface area contributed by atoms with E-state index in [1.807, 2.05) is 18.2 Å². The molecule has 0 spiro atoms. The smallest absolute Gasteiger partial charge is 0.248 e. The molecule has 2 aromatic rings. The summed E-state index contributed by atoms with van der Waals surface area (Å²) in [5, 5.41) is 3.40. The lowest BCUT2D eigenvalue weighted by Gasteiger charge is -2.12. The second-order valence-electron chi connectivity index (χ2n) is 6.27. The quantitative estimate of drug-likeness (QED) is 0.628. The van der Waals surface area contributed by atoms with Crippen LogP contribution in [-0.2, 0) is 4.79 Å². The fourth-order valence-electron chi connectivity index (χ4n) is 2.20. The van der Waals surface area contributed by atoms with E-state index in [9.17, 15) is 4.79 Å². The number of halogens is 1. The van der Waals surface area contributed by atoms with Crippen molar-refractivity contribution in [3.63, 3.8) is 0 Å². The molecule has 138 valence electrons. The summed E-state index contributed by atoms with van der Waals surface area (Å²) in [5.41, 5.74) is 1.54. The van der Waals surface area contributed by atoms with E-state index in [1.54, 1.807) is 37.5 Å². The monoisotopic (exact) mass is 373 g/mol. The molecule has 0 aromatic heterocycles. The van der Waals surface area contributed by atoms with Gasteiger partial charge in [-0.1, -0.05) is 31.5 Å².